The summed E-state index contributed by atoms with van der Waals surface area (Å²) in [7, 11) is 0. The van der Waals surface area contributed by atoms with Crippen LogP contribution >= 0.6 is 11.3 Å². The van der Waals surface area contributed by atoms with Gasteiger partial charge < -0.3 is 10.2 Å². The third kappa shape index (κ3) is 4.32. The van der Waals surface area contributed by atoms with Crippen molar-refractivity contribution in [2.75, 3.05) is 19.6 Å². The summed E-state index contributed by atoms with van der Waals surface area (Å²) in [5.41, 5.74) is 0. The number of thiophene rings is 1. The normalized spacial score (nSPS) is 20.6. The average Bonchev–Trinajstić information content (AvgIpc) is 2.98. The van der Waals surface area contributed by atoms with Crippen LogP contribution in [0.1, 0.15) is 38.0 Å². The molecule has 0 radical (unpaired) electrons. The highest BCUT2D eigenvalue weighted by Gasteiger charge is 2.24. The van der Waals surface area contributed by atoms with Crippen LogP contribution in [0.15, 0.2) is 17.5 Å². The van der Waals surface area contributed by atoms with E-state index < -0.39 is 0 Å². The Labute approximate surface area is 126 Å². The molecule has 3 nitrogen and oxygen atoms in total. The van der Waals surface area contributed by atoms with Crippen LogP contribution < -0.4 is 5.32 Å². The van der Waals surface area contributed by atoms with Gasteiger partial charge in [0.25, 0.3) is 0 Å². The number of hydrogen-bond acceptors (Lipinski definition) is 3. The molecular weight excluding hydrogens is 268 g/mol. The highest BCUT2D eigenvalue weighted by Crippen LogP contribution is 2.23. The lowest BCUT2D eigenvalue weighted by Gasteiger charge is -2.29. The maximum absolute atomic E-state index is 12.5. The lowest BCUT2D eigenvalue weighted by molar-refractivity contribution is -0.132. The molecule has 1 amide bonds. The molecule has 2 unspecified atom stereocenters. The number of rotatable bonds is 6. The zero-order valence-electron chi connectivity index (χ0n) is 12.6. The van der Waals surface area contributed by atoms with E-state index in [1.807, 2.05) is 4.90 Å². The van der Waals surface area contributed by atoms with Gasteiger partial charge >= 0.3 is 0 Å². The van der Waals surface area contributed by atoms with Crippen LogP contribution in [0.25, 0.3) is 0 Å². The van der Waals surface area contributed by atoms with Gasteiger partial charge in [0.2, 0.25) is 5.91 Å². The van der Waals surface area contributed by atoms with Crippen LogP contribution in [-0.4, -0.2) is 30.4 Å². The minimum Gasteiger partial charge on any atom is -0.338 e. The first-order valence-electron chi connectivity index (χ1n) is 7.71. The molecule has 2 atom stereocenters. The van der Waals surface area contributed by atoms with Crippen molar-refractivity contribution in [2.45, 2.75) is 39.7 Å². The molecule has 1 aliphatic heterocycles. The van der Waals surface area contributed by atoms with E-state index in [9.17, 15) is 4.79 Å². The Bertz CT molecular complexity index is 399. The number of carbonyl (C=O) groups is 1. The van der Waals surface area contributed by atoms with Gasteiger partial charge in [0.1, 0.15) is 0 Å². The number of carbonyl (C=O) groups excluding carboxylic acids is 1. The second-order valence-electron chi connectivity index (χ2n) is 5.78. The minimum absolute atomic E-state index is 0.305. The molecule has 0 bridgehead atoms. The topological polar surface area (TPSA) is 32.3 Å². The summed E-state index contributed by atoms with van der Waals surface area (Å²) >= 11 is 1.73. The monoisotopic (exact) mass is 294 g/mol. The predicted octanol–water partition coefficient (Wildman–Crippen LogP) is 3.12. The average molecular weight is 294 g/mol. The van der Waals surface area contributed by atoms with Gasteiger partial charge in [-0.05, 0) is 56.1 Å². The van der Waals surface area contributed by atoms with Crippen LogP contribution in [0.4, 0.5) is 0 Å². The van der Waals surface area contributed by atoms with E-state index >= 15 is 0 Å². The van der Waals surface area contributed by atoms with Gasteiger partial charge in [0, 0.05) is 17.8 Å². The first-order chi connectivity index (χ1) is 9.70. The summed E-state index contributed by atoms with van der Waals surface area (Å²) in [5, 5.41) is 5.52. The van der Waals surface area contributed by atoms with E-state index in [2.05, 4.69) is 36.7 Å². The smallest absolute Gasteiger partial charge is 0.223 e. The molecule has 1 saturated heterocycles. The third-order valence-electron chi connectivity index (χ3n) is 4.30. The molecule has 1 aliphatic rings. The molecule has 2 heterocycles. The van der Waals surface area contributed by atoms with Crippen molar-refractivity contribution < 1.29 is 4.79 Å². The molecule has 0 spiro atoms. The number of piperidine rings is 1. The first-order valence-corrected chi connectivity index (χ1v) is 8.59. The highest BCUT2D eigenvalue weighted by atomic mass is 32.1. The second kappa shape index (κ2) is 7.79. The Hall–Kier alpha value is -0.870. The zero-order chi connectivity index (χ0) is 14.4. The van der Waals surface area contributed by atoms with Crippen molar-refractivity contribution in [1.29, 1.82) is 0 Å². The van der Waals surface area contributed by atoms with E-state index in [1.54, 1.807) is 11.3 Å². The number of amides is 1. The second-order valence-corrected chi connectivity index (χ2v) is 6.81. The van der Waals surface area contributed by atoms with Crippen molar-refractivity contribution in [3.63, 3.8) is 0 Å². The largest absolute Gasteiger partial charge is 0.338 e. The Morgan fingerprint density at radius 1 is 1.60 bits per heavy atom. The Morgan fingerprint density at radius 3 is 3.05 bits per heavy atom. The van der Waals surface area contributed by atoms with Crippen molar-refractivity contribution in [1.82, 2.24) is 10.2 Å². The molecule has 20 heavy (non-hydrogen) atoms. The van der Waals surface area contributed by atoms with Gasteiger partial charge in [-0.25, -0.2) is 0 Å². The number of nitrogens with one attached hydrogen (secondary N) is 1. The molecule has 0 aliphatic carbocycles. The fourth-order valence-corrected chi connectivity index (χ4v) is 3.62. The highest BCUT2D eigenvalue weighted by molar-refractivity contribution is 7.09. The Kier molecular flexibility index (Phi) is 6.05. The molecule has 4 heteroatoms. The summed E-state index contributed by atoms with van der Waals surface area (Å²) in [6.07, 6.45) is 3.19. The molecule has 1 fully saturated rings. The summed E-state index contributed by atoms with van der Waals surface area (Å²) < 4.78 is 0. The Morgan fingerprint density at radius 2 is 2.45 bits per heavy atom. The Balaban J connectivity index is 1.84. The van der Waals surface area contributed by atoms with Crippen LogP contribution in [0.5, 0.6) is 0 Å². The van der Waals surface area contributed by atoms with E-state index in [1.165, 1.54) is 17.7 Å². The van der Waals surface area contributed by atoms with E-state index in [0.717, 1.165) is 26.2 Å². The number of nitrogens with zero attached hydrogens (tertiary/aromatic N) is 1. The first kappa shape index (κ1) is 15.5. The van der Waals surface area contributed by atoms with E-state index in [-0.39, 0.29) is 0 Å². The molecule has 1 aromatic rings. The van der Waals surface area contributed by atoms with Gasteiger partial charge in [-0.15, -0.1) is 11.3 Å². The summed E-state index contributed by atoms with van der Waals surface area (Å²) in [4.78, 5) is 15.7. The molecule has 112 valence electrons. The standard InChI is InChI=1S/C16H26N2OS/c1-3-18(12-15-7-5-9-20-15)16(19)10-13(2)14-6-4-8-17-11-14/h5,7,9,13-14,17H,3-4,6,8,10-12H2,1-2H3. The lowest BCUT2D eigenvalue weighted by Crippen LogP contribution is -2.37. The summed E-state index contributed by atoms with van der Waals surface area (Å²) in [6.45, 7) is 8.07. The predicted molar refractivity (Wildman–Crippen MR) is 84.8 cm³/mol. The fraction of sp³-hybridized carbons (Fsp3) is 0.688. The SMILES string of the molecule is CCN(Cc1cccs1)C(=O)CC(C)C1CCCNC1. The van der Waals surface area contributed by atoms with Gasteiger partial charge in [0.15, 0.2) is 0 Å². The summed E-state index contributed by atoms with van der Waals surface area (Å²) in [5.74, 6) is 1.44. The molecule has 0 saturated carbocycles. The minimum atomic E-state index is 0.305. The maximum Gasteiger partial charge on any atom is 0.223 e. The fourth-order valence-electron chi connectivity index (χ4n) is 2.90. The molecular formula is C16H26N2OS. The molecule has 2 rings (SSSR count). The van der Waals surface area contributed by atoms with Crippen molar-refractivity contribution in [3.8, 4) is 0 Å². The molecule has 1 N–H and O–H groups in total. The summed E-state index contributed by atoms with van der Waals surface area (Å²) in [6, 6.07) is 4.16. The lowest BCUT2D eigenvalue weighted by atomic mass is 9.85. The van der Waals surface area contributed by atoms with E-state index in [4.69, 9.17) is 0 Å². The number of hydrogen-bond donors (Lipinski definition) is 1. The van der Waals surface area contributed by atoms with Gasteiger partial charge in [0.05, 0.1) is 6.54 Å². The van der Waals surface area contributed by atoms with Gasteiger partial charge in [-0.2, -0.15) is 0 Å². The van der Waals surface area contributed by atoms with Crippen molar-refractivity contribution in [3.05, 3.63) is 22.4 Å². The third-order valence-corrected chi connectivity index (χ3v) is 5.16. The van der Waals surface area contributed by atoms with Gasteiger partial charge in [-0.3, -0.25) is 4.79 Å². The van der Waals surface area contributed by atoms with Crippen LogP contribution in [0, 0.1) is 11.8 Å². The van der Waals surface area contributed by atoms with Crippen molar-refractivity contribution >= 4 is 17.2 Å². The maximum atomic E-state index is 12.5. The van der Waals surface area contributed by atoms with Crippen LogP contribution in [-0.2, 0) is 11.3 Å². The molecule has 1 aromatic heterocycles. The zero-order valence-corrected chi connectivity index (χ0v) is 13.4. The van der Waals surface area contributed by atoms with Crippen molar-refractivity contribution in [2.24, 2.45) is 11.8 Å². The van der Waals surface area contributed by atoms with Crippen LogP contribution in [0.2, 0.25) is 0 Å². The van der Waals surface area contributed by atoms with Crippen LogP contribution in [0.3, 0.4) is 0 Å². The van der Waals surface area contributed by atoms with E-state index in [0.29, 0.717) is 24.2 Å². The molecule has 0 aromatic carbocycles. The van der Waals surface area contributed by atoms with Gasteiger partial charge in [-0.1, -0.05) is 13.0 Å². The quantitative estimate of drug-likeness (QED) is 0.874.